The summed E-state index contributed by atoms with van der Waals surface area (Å²) in [4.78, 5) is 74.3. The molecule has 0 unspecified atom stereocenters. The second-order valence-electron chi connectivity index (χ2n) is 7.83. The van der Waals surface area contributed by atoms with Gasteiger partial charge in [-0.1, -0.05) is 0 Å². The van der Waals surface area contributed by atoms with Crippen molar-refractivity contribution in [3.05, 3.63) is 36.4 Å². The van der Waals surface area contributed by atoms with Crippen molar-refractivity contribution >= 4 is 29.6 Å². The van der Waals surface area contributed by atoms with Crippen molar-refractivity contribution in [1.29, 1.82) is 0 Å². The number of nitrogens with two attached hydrogens (primary N) is 1. The van der Waals surface area contributed by atoms with Gasteiger partial charge in [0.25, 0.3) is 0 Å². The molecule has 4 atom stereocenters. The van der Waals surface area contributed by atoms with Gasteiger partial charge in [0.1, 0.15) is 24.2 Å². The first-order valence-corrected chi connectivity index (χ1v) is 11.0. The van der Waals surface area contributed by atoms with E-state index in [1.54, 1.807) is 0 Å². The Kier molecular flexibility index (Phi) is 11.1. The molecule has 0 aliphatic rings. The number of aromatic nitrogens is 4. The van der Waals surface area contributed by atoms with E-state index in [9.17, 15) is 24.0 Å². The molecule has 0 saturated heterocycles. The van der Waals surface area contributed by atoms with Gasteiger partial charge in [-0.3, -0.25) is 19.2 Å². The molecule has 2 heterocycles. The van der Waals surface area contributed by atoms with Crippen LogP contribution in [0.5, 0.6) is 0 Å². The maximum absolute atomic E-state index is 12.7. The average Bonchev–Trinajstić information content (AvgIpc) is 3.58. The zero-order chi connectivity index (χ0) is 27.4. The van der Waals surface area contributed by atoms with Crippen molar-refractivity contribution in [2.75, 3.05) is 19.8 Å². The number of aliphatic carboxylic acids is 1. The van der Waals surface area contributed by atoms with Gasteiger partial charge in [0.05, 0.1) is 32.4 Å². The van der Waals surface area contributed by atoms with E-state index in [4.69, 9.17) is 21.1 Å². The van der Waals surface area contributed by atoms with Crippen LogP contribution in [-0.4, -0.2) is 109 Å². The molecule has 2 aromatic rings. The van der Waals surface area contributed by atoms with Gasteiger partial charge in [-0.05, 0) is 0 Å². The third kappa shape index (κ3) is 9.32. The van der Waals surface area contributed by atoms with Crippen molar-refractivity contribution in [3.63, 3.8) is 0 Å². The molecule has 202 valence electrons. The van der Waals surface area contributed by atoms with Gasteiger partial charge >= 0.3 is 5.97 Å². The lowest BCUT2D eigenvalue weighted by molar-refractivity contribution is -0.143. The van der Waals surface area contributed by atoms with Crippen LogP contribution >= 0.6 is 0 Å². The third-order valence-corrected chi connectivity index (χ3v) is 5.00. The standard InChI is InChI=1S/C20H29N9O8/c21-12(6-30)17(33)28-13(1-10-3-22-8-25-10)18(34)24-5-16(32)27-14(2-11-4-23-9-26-11)19(35)29-15(7-31)20(36)37/h3-4,8-9,12-15,30-31H,1-2,5-7,21H2,(H,22,25)(H,23,26)(H,24,34)(H,27,32)(H,28,33)(H,29,35)(H,36,37)/t12-,13-,14-,15-/m0/s1. The largest absolute Gasteiger partial charge is 0.480 e. The number of hydrogen-bond donors (Lipinski definition) is 10. The molecule has 11 N–H and O–H groups in total. The fraction of sp³-hybridized carbons (Fsp3) is 0.450. The zero-order valence-electron chi connectivity index (χ0n) is 19.5. The van der Waals surface area contributed by atoms with E-state index >= 15 is 0 Å². The van der Waals surface area contributed by atoms with E-state index in [1.807, 2.05) is 0 Å². The molecular weight excluding hydrogens is 494 g/mol. The lowest BCUT2D eigenvalue weighted by atomic mass is 10.1. The lowest BCUT2D eigenvalue weighted by Gasteiger charge is -2.21. The average molecular weight is 524 g/mol. The minimum absolute atomic E-state index is 0.0278. The number of aromatic amines is 2. The number of amides is 4. The first-order chi connectivity index (χ1) is 17.6. The smallest absolute Gasteiger partial charge is 0.328 e. The number of carbonyl (C=O) groups is 5. The van der Waals surface area contributed by atoms with E-state index in [0.29, 0.717) is 11.4 Å². The molecule has 0 saturated carbocycles. The fourth-order valence-electron chi connectivity index (χ4n) is 3.01. The Bertz CT molecular complexity index is 1040. The van der Waals surface area contributed by atoms with Crippen molar-refractivity contribution in [2.45, 2.75) is 37.0 Å². The highest BCUT2D eigenvalue weighted by molar-refractivity contribution is 5.94. The maximum Gasteiger partial charge on any atom is 0.328 e. The van der Waals surface area contributed by atoms with Crippen LogP contribution in [0.25, 0.3) is 0 Å². The van der Waals surface area contributed by atoms with Crippen molar-refractivity contribution in [1.82, 2.24) is 41.2 Å². The highest BCUT2D eigenvalue weighted by Gasteiger charge is 2.28. The molecular formula is C20H29N9O8. The molecule has 0 radical (unpaired) electrons. The van der Waals surface area contributed by atoms with Crippen molar-refractivity contribution in [3.8, 4) is 0 Å². The number of imidazole rings is 2. The van der Waals surface area contributed by atoms with Crippen LogP contribution < -0.4 is 27.0 Å². The Morgan fingerprint density at radius 3 is 1.81 bits per heavy atom. The van der Waals surface area contributed by atoms with Crippen LogP contribution in [-0.2, 0) is 36.8 Å². The van der Waals surface area contributed by atoms with Crippen LogP contribution in [0.4, 0.5) is 0 Å². The summed E-state index contributed by atoms with van der Waals surface area (Å²) in [5.41, 5.74) is 6.43. The molecule has 17 heteroatoms. The number of nitrogens with zero attached hydrogens (tertiary/aromatic N) is 2. The van der Waals surface area contributed by atoms with E-state index in [-0.39, 0.29) is 12.8 Å². The molecule has 2 rings (SSSR count). The Labute approximate surface area is 209 Å². The summed E-state index contributed by atoms with van der Waals surface area (Å²) in [6.07, 6.45) is 5.42. The number of aliphatic hydroxyl groups is 2. The number of H-pyrrole nitrogens is 2. The normalized spacial score (nSPS) is 14.0. The highest BCUT2D eigenvalue weighted by Crippen LogP contribution is 2.02. The van der Waals surface area contributed by atoms with Crippen LogP contribution in [0.2, 0.25) is 0 Å². The molecule has 0 aliphatic carbocycles. The number of carbonyl (C=O) groups excluding carboxylic acids is 4. The molecule has 0 bridgehead atoms. The minimum atomic E-state index is -1.59. The number of hydrogen-bond acceptors (Lipinski definition) is 10. The SMILES string of the molecule is N[C@@H](CO)C(=O)N[C@@H](Cc1cnc[nH]1)C(=O)NCC(=O)N[C@@H](Cc1cnc[nH]1)C(=O)N[C@@H](CO)C(=O)O. The molecule has 37 heavy (non-hydrogen) atoms. The number of carboxylic acids is 1. The first-order valence-electron chi connectivity index (χ1n) is 11.0. The summed E-state index contributed by atoms with van der Waals surface area (Å²) in [7, 11) is 0. The lowest BCUT2D eigenvalue weighted by Crippen LogP contribution is -2.56. The number of rotatable bonds is 15. The summed E-state index contributed by atoms with van der Waals surface area (Å²) < 4.78 is 0. The second-order valence-corrected chi connectivity index (χ2v) is 7.83. The van der Waals surface area contributed by atoms with Crippen molar-refractivity contribution in [2.24, 2.45) is 5.73 Å². The molecule has 0 fully saturated rings. The van der Waals surface area contributed by atoms with Gasteiger partial charge < -0.3 is 52.3 Å². The number of aliphatic hydroxyl groups excluding tert-OH is 2. The maximum atomic E-state index is 12.7. The molecule has 0 aliphatic heterocycles. The van der Waals surface area contributed by atoms with Crippen LogP contribution in [0, 0.1) is 0 Å². The van der Waals surface area contributed by atoms with Gasteiger partial charge in [-0.2, -0.15) is 0 Å². The number of nitrogens with one attached hydrogen (secondary N) is 6. The zero-order valence-corrected chi connectivity index (χ0v) is 19.5. The van der Waals surface area contributed by atoms with Crippen LogP contribution in [0.3, 0.4) is 0 Å². The topological polar surface area (TPSA) is 278 Å². The minimum Gasteiger partial charge on any atom is -0.480 e. The third-order valence-electron chi connectivity index (χ3n) is 5.00. The molecule has 0 spiro atoms. The second kappa shape index (κ2) is 14.3. The summed E-state index contributed by atoms with van der Waals surface area (Å²) in [6, 6.07) is -5.31. The molecule has 0 aromatic carbocycles. The van der Waals surface area contributed by atoms with Crippen LogP contribution in [0.1, 0.15) is 11.4 Å². The Balaban J connectivity index is 2.03. The monoisotopic (exact) mass is 523 g/mol. The highest BCUT2D eigenvalue weighted by atomic mass is 16.4. The van der Waals surface area contributed by atoms with Gasteiger partial charge in [-0.15, -0.1) is 0 Å². The number of carboxylic acid groups (broad SMARTS) is 1. The van der Waals surface area contributed by atoms with Gasteiger partial charge in [0.15, 0.2) is 0 Å². The quantitative estimate of drug-likeness (QED) is 0.105. The van der Waals surface area contributed by atoms with Crippen molar-refractivity contribution < 1.29 is 39.3 Å². The summed E-state index contributed by atoms with van der Waals surface area (Å²) in [5.74, 6) is -4.72. The predicted molar refractivity (Wildman–Crippen MR) is 123 cm³/mol. The molecule has 2 aromatic heterocycles. The van der Waals surface area contributed by atoms with Gasteiger partial charge in [-0.25, -0.2) is 14.8 Å². The predicted octanol–water partition coefficient (Wildman–Crippen LogP) is -5.11. The van der Waals surface area contributed by atoms with Gasteiger partial charge in [0, 0.05) is 36.6 Å². The first kappa shape index (κ1) is 28.9. The fourth-order valence-corrected chi connectivity index (χ4v) is 3.01. The molecule has 17 nitrogen and oxygen atoms in total. The Morgan fingerprint density at radius 2 is 1.35 bits per heavy atom. The Morgan fingerprint density at radius 1 is 0.811 bits per heavy atom. The van der Waals surface area contributed by atoms with E-state index < -0.39 is 73.5 Å². The summed E-state index contributed by atoms with van der Waals surface area (Å²) >= 11 is 0. The van der Waals surface area contributed by atoms with Crippen LogP contribution in [0.15, 0.2) is 25.0 Å². The van der Waals surface area contributed by atoms with Gasteiger partial charge in [0.2, 0.25) is 23.6 Å². The Hall–Kier alpha value is -4.35. The summed E-state index contributed by atoms with van der Waals surface area (Å²) in [5, 5.41) is 36.5. The van der Waals surface area contributed by atoms with E-state index in [2.05, 4.69) is 41.2 Å². The van der Waals surface area contributed by atoms with E-state index in [1.165, 1.54) is 25.0 Å². The molecule has 4 amide bonds. The summed E-state index contributed by atoms with van der Waals surface area (Å²) in [6.45, 7) is -2.12. The van der Waals surface area contributed by atoms with E-state index in [0.717, 1.165) is 0 Å².